The molecule has 0 aromatic heterocycles. The first-order chi connectivity index (χ1) is 16.5. The molecule has 0 unspecified atom stereocenters. The number of amides is 4. The average molecular weight is 465 g/mol. The van der Waals surface area contributed by atoms with Gasteiger partial charge in [0.25, 0.3) is 0 Å². The number of nitrogens with zero attached hydrogens (tertiary/aromatic N) is 2. The van der Waals surface area contributed by atoms with Gasteiger partial charge in [-0.05, 0) is 36.8 Å². The maximum absolute atomic E-state index is 12.7. The number of hydrogen-bond donors (Lipinski definition) is 0. The van der Waals surface area contributed by atoms with E-state index in [0.29, 0.717) is 25.7 Å². The normalized spacial score (nSPS) is 19.8. The first-order valence-electron chi connectivity index (χ1n) is 11.6. The highest BCUT2D eigenvalue weighted by molar-refractivity contribution is 5.94. The van der Waals surface area contributed by atoms with Crippen LogP contribution in [0.25, 0.3) is 0 Å². The average Bonchev–Trinajstić information content (AvgIpc) is 3.39. The molecule has 2 aromatic rings. The van der Waals surface area contributed by atoms with E-state index in [0.717, 1.165) is 11.1 Å². The Morgan fingerprint density at radius 2 is 1.06 bits per heavy atom. The maximum atomic E-state index is 12.7. The van der Waals surface area contributed by atoms with Crippen molar-refractivity contribution in [1.29, 1.82) is 0 Å². The number of carbonyl (C=O) groups excluding carboxylic acids is 4. The molecule has 8 nitrogen and oxygen atoms in total. The van der Waals surface area contributed by atoms with Crippen LogP contribution in [0.2, 0.25) is 0 Å². The van der Waals surface area contributed by atoms with Crippen LogP contribution in [-0.4, -0.2) is 59.1 Å². The first kappa shape index (κ1) is 23.5. The number of cyclic esters (lactones) is 2. The van der Waals surface area contributed by atoms with Gasteiger partial charge in [-0.2, -0.15) is 0 Å². The lowest BCUT2D eigenvalue weighted by Gasteiger charge is -2.20. The maximum Gasteiger partial charge on any atom is 0.416 e. The molecule has 0 radical (unpaired) electrons. The van der Waals surface area contributed by atoms with Crippen molar-refractivity contribution in [2.24, 2.45) is 0 Å². The Labute approximate surface area is 198 Å². The summed E-state index contributed by atoms with van der Waals surface area (Å²) in [5, 5.41) is 0. The van der Waals surface area contributed by atoms with Gasteiger partial charge < -0.3 is 9.47 Å². The largest absolute Gasteiger partial charge is 0.447 e. The lowest BCUT2D eigenvalue weighted by molar-refractivity contribution is -0.131. The van der Waals surface area contributed by atoms with Crippen LogP contribution in [0.1, 0.15) is 36.8 Å². The summed E-state index contributed by atoms with van der Waals surface area (Å²) in [5.41, 5.74) is 2.05. The van der Waals surface area contributed by atoms with Gasteiger partial charge in [-0.15, -0.1) is 0 Å². The predicted octanol–water partition coefficient (Wildman–Crippen LogP) is 3.73. The van der Waals surface area contributed by atoms with Gasteiger partial charge in [0.1, 0.15) is 13.2 Å². The quantitative estimate of drug-likeness (QED) is 0.525. The second-order valence-corrected chi connectivity index (χ2v) is 8.58. The van der Waals surface area contributed by atoms with E-state index in [1.165, 1.54) is 9.80 Å². The molecule has 2 heterocycles. The fourth-order valence-corrected chi connectivity index (χ4v) is 4.40. The highest BCUT2D eigenvalue weighted by Gasteiger charge is 2.38. The van der Waals surface area contributed by atoms with Gasteiger partial charge in [-0.1, -0.05) is 60.7 Å². The molecule has 0 saturated carbocycles. The molecule has 0 N–H and O–H groups in total. The Balaban J connectivity index is 1.25. The Morgan fingerprint density at radius 1 is 0.676 bits per heavy atom. The van der Waals surface area contributed by atoms with Crippen molar-refractivity contribution in [2.45, 2.75) is 50.6 Å². The molecule has 178 valence electrons. The van der Waals surface area contributed by atoms with Crippen LogP contribution in [0.5, 0.6) is 0 Å². The van der Waals surface area contributed by atoms with Crippen molar-refractivity contribution < 1.29 is 28.7 Å². The number of rotatable bonds is 9. The minimum absolute atomic E-state index is 0.131. The second kappa shape index (κ2) is 11.0. The fourth-order valence-electron chi connectivity index (χ4n) is 4.40. The molecule has 4 rings (SSSR count). The highest BCUT2D eigenvalue weighted by Crippen LogP contribution is 2.21. The number of carbonyl (C=O) groups is 4. The molecule has 2 saturated heterocycles. The Kier molecular flexibility index (Phi) is 7.57. The highest BCUT2D eigenvalue weighted by atomic mass is 16.6. The zero-order chi connectivity index (χ0) is 23.9. The molecule has 2 fully saturated rings. The van der Waals surface area contributed by atoms with Gasteiger partial charge in [0.05, 0.1) is 12.1 Å². The van der Waals surface area contributed by atoms with E-state index in [1.54, 1.807) is 0 Å². The third kappa shape index (κ3) is 5.62. The number of imide groups is 2. The van der Waals surface area contributed by atoms with Crippen LogP contribution in [0, 0.1) is 0 Å². The number of unbranched alkanes of at least 4 members (excludes halogenated alkanes) is 1. The van der Waals surface area contributed by atoms with Crippen molar-refractivity contribution >= 4 is 24.0 Å². The summed E-state index contributed by atoms with van der Waals surface area (Å²) in [4.78, 5) is 52.1. The third-order valence-corrected chi connectivity index (χ3v) is 6.12. The van der Waals surface area contributed by atoms with Crippen LogP contribution in [0.3, 0.4) is 0 Å². The smallest absolute Gasteiger partial charge is 0.416 e. The van der Waals surface area contributed by atoms with E-state index in [4.69, 9.17) is 9.47 Å². The van der Waals surface area contributed by atoms with Gasteiger partial charge in [0, 0.05) is 12.8 Å². The molecule has 2 aliphatic rings. The van der Waals surface area contributed by atoms with E-state index in [2.05, 4.69) is 0 Å². The SMILES string of the molecule is O=C(CCCCC(=O)N1C(=O)OC[C@H]1Cc1ccccc1)N1C(=O)OC[C@@H]1Cc1ccccc1. The Morgan fingerprint density at radius 3 is 1.44 bits per heavy atom. The van der Waals surface area contributed by atoms with E-state index in [9.17, 15) is 19.2 Å². The molecule has 8 heteroatoms. The molecule has 2 atom stereocenters. The summed E-state index contributed by atoms with van der Waals surface area (Å²) in [5.74, 6) is -0.614. The number of benzene rings is 2. The Bertz CT molecular complexity index is 943. The van der Waals surface area contributed by atoms with E-state index in [-0.39, 0.29) is 50.0 Å². The summed E-state index contributed by atoms with van der Waals surface area (Å²) in [6.45, 7) is 0.357. The van der Waals surface area contributed by atoms with E-state index < -0.39 is 12.2 Å². The van der Waals surface area contributed by atoms with Crippen LogP contribution < -0.4 is 0 Å². The molecule has 0 spiro atoms. The van der Waals surface area contributed by atoms with Crippen molar-refractivity contribution in [3.05, 3.63) is 71.8 Å². The Hall–Kier alpha value is -3.68. The molecule has 2 aromatic carbocycles. The molecule has 0 aliphatic carbocycles. The minimum Gasteiger partial charge on any atom is -0.447 e. The lowest BCUT2D eigenvalue weighted by Crippen LogP contribution is -2.40. The molecule has 34 heavy (non-hydrogen) atoms. The predicted molar refractivity (Wildman–Crippen MR) is 123 cm³/mol. The first-order valence-corrected chi connectivity index (χ1v) is 11.6. The van der Waals surface area contributed by atoms with Gasteiger partial charge in [-0.3, -0.25) is 9.59 Å². The van der Waals surface area contributed by atoms with Crippen LogP contribution >= 0.6 is 0 Å². The second-order valence-electron chi connectivity index (χ2n) is 8.58. The van der Waals surface area contributed by atoms with Crippen molar-refractivity contribution in [3.8, 4) is 0 Å². The lowest BCUT2D eigenvalue weighted by atomic mass is 10.0. The zero-order valence-corrected chi connectivity index (χ0v) is 18.9. The minimum atomic E-state index is -0.620. The number of ether oxygens (including phenoxy) is 2. The van der Waals surface area contributed by atoms with Crippen molar-refractivity contribution in [2.75, 3.05) is 13.2 Å². The molecule has 2 aliphatic heterocycles. The number of hydrogen-bond acceptors (Lipinski definition) is 6. The van der Waals surface area contributed by atoms with Crippen molar-refractivity contribution in [1.82, 2.24) is 9.80 Å². The third-order valence-electron chi connectivity index (χ3n) is 6.12. The van der Waals surface area contributed by atoms with Gasteiger partial charge in [0.15, 0.2) is 0 Å². The zero-order valence-electron chi connectivity index (χ0n) is 18.9. The van der Waals surface area contributed by atoms with Crippen LogP contribution in [-0.2, 0) is 31.9 Å². The molecular weight excluding hydrogens is 436 g/mol. The fraction of sp³-hybridized carbons (Fsp3) is 0.385. The standard InChI is InChI=1S/C26H28N2O6/c29-23(27-21(17-33-25(27)31)15-19-9-3-1-4-10-19)13-7-8-14-24(30)28-22(18-34-26(28)32)16-20-11-5-2-6-12-20/h1-6,9-12,21-22H,7-8,13-18H2/t21-,22+. The van der Waals surface area contributed by atoms with Gasteiger partial charge in [0.2, 0.25) is 11.8 Å². The van der Waals surface area contributed by atoms with Gasteiger partial charge in [-0.25, -0.2) is 19.4 Å². The summed E-state index contributed by atoms with van der Waals surface area (Å²) >= 11 is 0. The monoisotopic (exact) mass is 464 g/mol. The molecular formula is C26H28N2O6. The summed E-state index contributed by atoms with van der Waals surface area (Å²) in [6, 6.07) is 18.6. The summed E-state index contributed by atoms with van der Waals surface area (Å²) < 4.78 is 10.2. The van der Waals surface area contributed by atoms with Crippen LogP contribution in [0.4, 0.5) is 9.59 Å². The topological polar surface area (TPSA) is 93.2 Å². The van der Waals surface area contributed by atoms with E-state index >= 15 is 0 Å². The molecule has 0 bridgehead atoms. The van der Waals surface area contributed by atoms with Crippen molar-refractivity contribution in [3.63, 3.8) is 0 Å². The van der Waals surface area contributed by atoms with E-state index in [1.807, 2.05) is 60.7 Å². The molecule has 4 amide bonds. The summed E-state index contributed by atoms with van der Waals surface area (Å²) in [6.07, 6.45) is 0.957. The van der Waals surface area contributed by atoms with Crippen LogP contribution in [0.15, 0.2) is 60.7 Å². The van der Waals surface area contributed by atoms with Gasteiger partial charge >= 0.3 is 12.2 Å². The summed E-state index contributed by atoms with van der Waals surface area (Å²) in [7, 11) is 0.